The van der Waals surface area contributed by atoms with E-state index in [1.165, 1.54) is 0 Å². The Balaban J connectivity index is 1.36. The van der Waals surface area contributed by atoms with Crippen LogP contribution in [-0.2, 0) is 0 Å². The Morgan fingerprint density at radius 1 is 0.909 bits per heavy atom. The summed E-state index contributed by atoms with van der Waals surface area (Å²) in [6.07, 6.45) is 0.163. The van der Waals surface area contributed by atoms with Gasteiger partial charge in [-0.1, -0.05) is 30.3 Å². The molecule has 0 bridgehead atoms. The number of ether oxygens (including phenoxy) is 1. The van der Waals surface area contributed by atoms with Gasteiger partial charge in [-0.05, 0) is 70.5 Å². The molecule has 0 spiro atoms. The number of nitrogens with zero attached hydrogens (tertiary/aromatic N) is 2. The molecule has 1 aliphatic rings. The molecule has 3 atom stereocenters. The standard InChI is InChI=1S/C27H30N2O4/c28-12-19-1-3-22(4-2-19)23-5-6-25-11-27(8-7-24(25)10-23)33-18-26(32)15-29-13-20(16-30)9-21(14-29)17-31/h1-8,10-11,20-21,26,30-32H,9,13-18H2/t20-,21+,26?. The zero-order valence-electron chi connectivity index (χ0n) is 18.6. The smallest absolute Gasteiger partial charge is 0.120 e. The molecule has 0 amide bonds. The second-order valence-electron chi connectivity index (χ2n) is 8.93. The molecule has 0 radical (unpaired) electrons. The lowest BCUT2D eigenvalue weighted by atomic mass is 9.90. The van der Waals surface area contributed by atoms with Gasteiger partial charge in [-0.25, -0.2) is 0 Å². The van der Waals surface area contributed by atoms with E-state index in [0.29, 0.717) is 17.9 Å². The fourth-order valence-electron chi connectivity index (χ4n) is 4.61. The Morgan fingerprint density at radius 2 is 1.55 bits per heavy atom. The molecule has 0 aliphatic carbocycles. The number of fused-ring (bicyclic) bond motifs is 1. The van der Waals surface area contributed by atoms with Gasteiger partial charge in [0.2, 0.25) is 0 Å². The Morgan fingerprint density at radius 3 is 2.21 bits per heavy atom. The van der Waals surface area contributed by atoms with E-state index in [4.69, 9.17) is 10.00 Å². The van der Waals surface area contributed by atoms with Crippen molar-refractivity contribution in [3.8, 4) is 22.9 Å². The molecule has 3 N–H and O–H groups in total. The molecule has 3 aromatic rings. The molecule has 1 aliphatic heterocycles. The van der Waals surface area contributed by atoms with Crippen LogP contribution in [0.2, 0.25) is 0 Å². The molecule has 1 fully saturated rings. The van der Waals surface area contributed by atoms with Gasteiger partial charge in [0.1, 0.15) is 18.5 Å². The van der Waals surface area contributed by atoms with Gasteiger partial charge in [-0.3, -0.25) is 4.90 Å². The summed E-state index contributed by atoms with van der Waals surface area (Å²) in [7, 11) is 0. The van der Waals surface area contributed by atoms with Crippen LogP contribution >= 0.6 is 0 Å². The van der Waals surface area contributed by atoms with Crippen molar-refractivity contribution in [2.24, 2.45) is 11.8 Å². The van der Waals surface area contributed by atoms with Crippen LogP contribution in [0.4, 0.5) is 0 Å². The summed E-state index contributed by atoms with van der Waals surface area (Å²) in [5.41, 5.74) is 2.79. The number of rotatable bonds is 8. The van der Waals surface area contributed by atoms with Gasteiger partial charge in [-0.15, -0.1) is 0 Å². The van der Waals surface area contributed by atoms with Crippen LogP contribution in [0.25, 0.3) is 21.9 Å². The number of aliphatic hydroxyl groups excluding tert-OH is 3. The van der Waals surface area contributed by atoms with Gasteiger partial charge >= 0.3 is 0 Å². The van der Waals surface area contributed by atoms with Gasteiger partial charge in [0, 0.05) is 32.8 Å². The molecule has 1 saturated heterocycles. The van der Waals surface area contributed by atoms with Crippen LogP contribution in [0.1, 0.15) is 12.0 Å². The second-order valence-corrected chi connectivity index (χ2v) is 8.93. The lowest BCUT2D eigenvalue weighted by molar-refractivity contribution is 0.0155. The van der Waals surface area contributed by atoms with Crippen molar-refractivity contribution in [1.29, 1.82) is 5.26 Å². The third-order valence-corrected chi connectivity index (χ3v) is 6.29. The number of hydrogen-bond donors (Lipinski definition) is 3. The van der Waals surface area contributed by atoms with Crippen molar-refractivity contribution in [2.75, 3.05) is 39.5 Å². The number of benzene rings is 3. The van der Waals surface area contributed by atoms with Crippen molar-refractivity contribution < 1.29 is 20.1 Å². The number of β-amino-alcohol motifs (C(OH)–C–C–N with tert-alkyl or cyclic N) is 1. The van der Waals surface area contributed by atoms with Crippen molar-refractivity contribution >= 4 is 10.8 Å². The van der Waals surface area contributed by atoms with Crippen LogP contribution in [-0.4, -0.2) is 65.8 Å². The molecule has 4 rings (SSSR count). The normalized spacial score (nSPS) is 19.8. The molecule has 0 saturated carbocycles. The topological polar surface area (TPSA) is 97.0 Å². The third-order valence-electron chi connectivity index (χ3n) is 6.29. The Bertz CT molecular complexity index is 1100. The van der Waals surface area contributed by atoms with E-state index in [1.54, 1.807) is 0 Å². The number of piperidine rings is 1. The molecular formula is C27H30N2O4. The Kier molecular flexibility index (Phi) is 7.58. The van der Waals surface area contributed by atoms with Gasteiger partial charge in [-0.2, -0.15) is 5.26 Å². The van der Waals surface area contributed by atoms with E-state index in [-0.39, 0.29) is 31.7 Å². The summed E-state index contributed by atoms with van der Waals surface area (Å²) < 4.78 is 5.86. The van der Waals surface area contributed by atoms with Crippen LogP contribution in [0.5, 0.6) is 5.75 Å². The van der Waals surface area contributed by atoms with Crippen LogP contribution in [0.15, 0.2) is 60.7 Å². The van der Waals surface area contributed by atoms with Crippen molar-refractivity contribution in [3.63, 3.8) is 0 Å². The van der Waals surface area contributed by atoms with Crippen molar-refractivity contribution in [3.05, 3.63) is 66.2 Å². The summed E-state index contributed by atoms with van der Waals surface area (Å²) >= 11 is 0. The minimum atomic E-state index is -0.656. The first-order valence-corrected chi connectivity index (χ1v) is 11.4. The van der Waals surface area contributed by atoms with Crippen LogP contribution in [0, 0.1) is 23.2 Å². The number of aliphatic hydroxyl groups is 3. The molecular weight excluding hydrogens is 416 g/mol. The maximum Gasteiger partial charge on any atom is 0.120 e. The minimum Gasteiger partial charge on any atom is -0.491 e. The first-order chi connectivity index (χ1) is 16.1. The quantitative estimate of drug-likeness (QED) is 0.492. The molecule has 1 unspecified atom stereocenters. The Hall–Kier alpha value is -2.95. The van der Waals surface area contributed by atoms with E-state index in [9.17, 15) is 15.3 Å². The van der Waals surface area contributed by atoms with Crippen LogP contribution < -0.4 is 4.74 Å². The van der Waals surface area contributed by atoms with E-state index in [2.05, 4.69) is 17.0 Å². The summed E-state index contributed by atoms with van der Waals surface area (Å²) in [6, 6.07) is 21.8. The zero-order valence-corrected chi connectivity index (χ0v) is 18.6. The fraction of sp³-hybridized carbons (Fsp3) is 0.370. The monoisotopic (exact) mass is 446 g/mol. The summed E-state index contributed by atoms with van der Waals surface area (Å²) in [5, 5.41) is 40.6. The highest BCUT2D eigenvalue weighted by molar-refractivity contribution is 5.88. The predicted octanol–water partition coefficient (Wildman–Crippen LogP) is 3.04. The SMILES string of the molecule is N#Cc1ccc(-c2ccc3cc(OCC(O)CN4C[C@H](CO)C[C@H](CO)C4)ccc3c2)cc1. The van der Waals surface area contributed by atoms with E-state index in [1.807, 2.05) is 54.6 Å². The maximum atomic E-state index is 10.5. The maximum absolute atomic E-state index is 10.5. The van der Waals surface area contributed by atoms with Gasteiger partial charge in [0.25, 0.3) is 0 Å². The summed E-state index contributed by atoms with van der Waals surface area (Å²) in [4.78, 5) is 2.10. The van der Waals surface area contributed by atoms with Gasteiger partial charge in [0.05, 0.1) is 11.6 Å². The van der Waals surface area contributed by atoms with E-state index >= 15 is 0 Å². The van der Waals surface area contributed by atoms with Crippen LogP contribution in [0.3, 0.4) is 0 Å². The molecule has 6 heteroatoms. The summed E-state index contributed by atoms with van der Waals surface area (Å²) in [6.45, 7) is 2.28. The lowest BCUT2D eigenvalue weighted by Crippen LogP contribution is -2.46. The number of hydrogen-bond acceptors (Lipinski definition) is 6. The predicted molar refractivity (Wildman–Crippen MR) is 128 cm³/mol. The molecule has 3 aromatic carbocycles. The highest BCUT2D eigenvalue weighted by Crippen LogP contribution is 2.27. The minimum absolute atomic E-state index is 0.101. The first-order valence-electron chi connectivity index (χ1n) is 11.4. The number of nitriles is 1. The molecule has 1 heterocycles. The second kappa shape index (κ2) is 10.8. The van der Waals surface area contributed by atoms with Crippen molar-refractivity contribution in [2.45, 2.75) is 12.5 Å². The lowest BCUT2D eigenvalue weighted by Gasteiger charge is -2.37. The highest BCUT2D eigenvalue weighted by atomic mass is 16.5. The van der Waals surface area contributed by atoms with Crippen molar-refractivity contribution in [1.82, 2.24) is 4.90 Å². The molecule has 0 aromatic heterocycles. The molecule has 33 heavy (non-hydrogen) atoms. The molecule has 172 valence electrons. The highest BCUT2D eigenvalue weighted by Gasteiger charge is 2.27. The number of likely N-dealkylation sites (tertiary alicyclic amines) is 1. The van der Waals surface area contributed by atoms with E-state index < -0.39 is 6.10 Å². The average Bonchev–Trinajstić information content (AvgIpc) is 2.86. The fourth-order valence-corrected chi connectivity index (χ4v) is 4.61. The first kappa shape index (κ1) is 23.2. The summed E-state index contributed by atoms with van der Waals surface area (Å²) in [5.74, 6) is 0.977. The van der Waals surface area contributed by atoms with E-state index in [0.717, 1.165) is 41.4 Å². The third kappa shape index (κ3) is 5.89. The van der Waals surface area contributed by atoms with Gasteiger partial charge < -0.3 is 20.1 Å². The largest absolute Gasteiger partial charge is 0.491 e. The average molecular weight is 447 g/mol. The Labute approximate surface area is 194 Å². The zero-order chi connectivity index (χ0) is 23.2. The molecule has 6 nitrogen and oxygen atoms in total. The van der Waals surface area contributed by atoms with Gasteiger partial charge in [0.15, 0.2) is 0 Å².